The van der Waals surface area contributed by atoms with E-state index in [1.54, 1.807) is 0 Å². The lowest BCUT2D eigenvalue weighted by Gasteiger charge is -2.22. The highest BCUT2D eigenvalue weighted by molar-refractivity contribution is 5.59. The van der Waals surface area contributed by atoms with Crippen molar-refractivity contribution in [1.29, 1.82) is 0 Å². The number of nitrogens with two attached hydrogens (primary N) is 1. The average molecular weight is 230 g/mol. The Labute approximate surface area is 104 Å². The van der Waals surface area contributed by atoms with Crippen LogP contribution in [0.5, 0.6) is 0 Å². The van der Waals surface area contributed by atoms with Crippen LogP contribution in [0.2, 0.25) is 0 Å². The molecule has 0 bridgehead atoms. The number of para-hydroxylation sites is 1. The molecule has 0 spiro atoms. The summed E-state index contributed by atoms with van der Waals surface area (Å²) in [5.74, 6) is 0.541. The lowest BCUT2D eigenvalue weighted by atomic mass is 10.0. The van der Waals surface area contributed by atoms with Gasteiger partial charge in [-0.15, -0.1) is 0 Å². The number of rotatable bonds is 2. The summed E-state index contributed by atoms with van der Waals surface area (Å²) in [5, 5.41) is 0. The first-order chi connectivity index (χ1) is 8.12. The summed E-state index contributed by atoms with van der Waals surface area (Å²) in [6.45, 7) is 6.98. The van der Waals surface area contributed by atoms with Crippen molar-refractivity contribution in [2.45, 2.75) is 38.6 Å². The highest BCUT2D eigenvalue weighted by atomic mass is 15.1. The van der Waals surface area contributed by atoms with Crippen LogP contribution in [0.25, 0.3) is 0 Å². The summed E-state index contributed by atoms with van der Waals surface area (Å²) < 4.78 is 0. The second-order valence-electron chi connectivity index (χ2n) is 6.08. The van der Waals surface area contributed by atoms with E-state index >= 15 is 0 Å². The van der Waals surface area contributed by atoms with Crippen LogP contribution in [0.1, 0.15) is 38.2 Å². The maximum absolute atomic E-state index is 6.23. The lowest BCUT2D eigenvalue weighted by Crippen LogP contribution is -2.19. The molecule has 0 amide bonds. The van der Waals surface area contributed by atoms with Crippen LogP contribution in [0.15, 0.2) is 24.3 Å². The Balaban J connectivity index is 1.94. The SMILES string of the molecule is CC1(C)[C@H](N)[C@H]1c1ccccc1N1CCCC1. The Kier molecular flexibility index (Phi) is 2.44. The number of nitrogens with zero attached hydrogens (tertiary/aromatic N) is 1. The first-order valence-corrected chi connectivity index (χ1v) is 6.72. The van der Waals surface area contributed by atoms with Crippen molar-refractivity contribution in [2.24, 2.45) is 11.1 Å². The lowest BCUT2D eigenvalue weighted by molar-refractivity contribution is 0.599. The summed E-state index contributed by atoms with van der Waals surface area (Å²) in [6, 6.07) is 9.16. The Bertz CT molecular complexity index is 419. The second kappa shape index (κ2) is 3.74. The standard InChI is InChI=1S/C15H22N2/c1-15(2)13(14(15)16)11-7-3-4-8-12(11)17-9-5-6-10-17/h3-4,7-8,13-14H,5-6,9-10,16H2,1-2H3/t13-,14-/m1/s1. The van der Waals surface area contributed by atoms with Crippen LogP contribution >= 0.6 is 0 Å². The quantitative estimate of drug-likeness (QED) is 0.846. The molecule has 3 rings (SSSR count). The number of hydrogen-bond donors (Lipinski definition) is 1. The van der Waals surface area contributed by atoms with Gasteiger partial charge in [-0.2, -0.15) is 0 Å². The van der Waals surface area contributed by atoms with Crippen molar-refractivity contribution in [3.05, 3.63) is 29.8 Å². The zero-order valence-electron chi connectivity index (χ0n) is 10.8. The van der Waals surface area contributed by atoms with Crippen LogP contribution in [0, 0.1) is 5.41 Å². The normalized spacial score (nSPS) is 30.6. The minimum atomic E-state index is 0.274. The molecule has 17 heavy (non-hydrogen) atoms. The van der Waals surface area contributed by atoms with E-state index in [0.29, 0.717) is 12.0 Å². The Morgan fingerprint density at radius 2 is 1.76 bits per heavy atom. The maximum atomic E-state index is 6.23. The summed E-state index contributed by atoms with van der Waals surface area (Å²) in [7, 11) is 0. The molecule has 0 unspecified atom stereocenters. The fraction of sp³-hybridized carbons (Fsp3) is 0.600. The Morgan fingerprint density at radius 1 is 1.18 bits per heavy atom. The van der Waals surface area contributed by atoms with Gasteiger partial charge >= 0.3 is 0 Å². The van der Waals surface area contributed by atoms with Crippen LogP contribution in [0.3, 0.4) is 0 Å². The largest absolute Gasteiger partial charge is 0.371 e. The first-order valence-electron chi connectivity index (χ1n) is 6.72. The smallest absolute Gasteiger partial charge is 0.0402 e. The van der Waals surface area contributed by atoms with Crippen molar-refractivity contribution >= 4 is 5.69 Å². The van der Waals surface area contributed by atoms with E-state index in [1.807, 2.05) is 0 Å². The van der Waals surface area contributed by atoms with Gasteiger partial charge in [-0.1, -0.05) is 32.0 Å². The molecule has 1 saturated carbocycles. The number of anilines is 1. The van der Waals surface area contributed by atoms with Gasteiger partial charge in [0.05, 0.1) is 0 Å². The van der Waals surface area contributed by atoms with E-state index in [0.717, 1.165) is 0 Å². The summed E-state index contributed by atoms with van der Waals surface area (Å²) in [5.41, 5.74) is 9.39. The molecule has 2 aliphatic rings. The molecule has 1 saturated heterocycles. The first kappa shape index (κ1) is 11.1. The minimum Gasteiger partial charge on any atom is -0.371 e. The molecular formula is C15H22N2. The predicted molar refractivity (Wildman–Crippen MR) is 72.4 cm³/mol. The van der Waals surface area contributed by atoms with Crippen molar-refractivity contribution in [3.8, 4) is 0 Å². The molecule has 2 nitrogen and oxygen atoms in total. The molecule has 0 aromatic heterocycles. The van der Waals surface area contributed by atoms with Crippen molar-refractivity contribution in [3.63, 3.8) is 0 Å². The second-order valence-corrected chi connectivity index (χ2v) is 6.08. The van der Waals surface area contributed by atoms with Crippen molar-refractivity contribution in [1.82, 2.24) is 0 Å². The van der Waals surface area contributed by atoms with Gasteiger partial charge in [0.15, 0.2) is 0 Å². The average Bonchev–Trinajstić information content (AvgIpc) is 2.76. The molecule has 92 valence electrons. The molecule has 2 atom stereocenters. The van der Waals surface area contributed by atoms with Gasteiger partial charge in [0.25, 0.3) is 0 Å². The van der Waals surface area contributed by atoms with Gasteiger partial charge in [0, 0.05) is 30.7 Å². The summed E-state index contributed by atoms with van der Waals surface area (Å²) in [6.07, 6.45) is 2.66. The summed E-state index contributed by atoms with van der Waals surface area (Å²) in [4.78, 5) is 2.52. The van der Waals surface area contributed by atoms with E-state index in [2.05, 4.69) is 43.0 Å². The highest BCUT2D eigenvalue weighted by Crippen LogP contribution is 2.59. The van der Waals surface area contributed by atoms with Gasteiger partial charge in [0.2, 0.25) is 0 Å². The monoisotopic (exact) mass is 230 g/mol. The van der Waals surface area contributed by atoms with E-state index in [4.69, 9.17) is 5.73 Å². The van der Waals surface area contributed by atoms with Gasteiger partial charge < -0.3 is 10.6 Å². The molecule has 1 aromatic rings. The molecule has 2 heteroatoms. The van der Waals surface area contributed by atoms with Gasteiger partial charge in [-0.3, -0.25) is 0 Å². The molecule has 1 heterocycles. The molecule has 2 fully saturated rings. The van der Waals surface area contributed by atoms with E-state index in [9.17, 15) is 0 Å². The van der Waals surface area contributed by atoms with Crippen molar-refractivity contribution < 1.29 is 0 Å². The third kappa shape index (κ3) is 1.66. The van der Waals surface area contributed by atoms with Crippen molar-refractivity contribution in [2.75, 3.05) is 18.0 Å². The highest BCUT2D eigenvalue weighted by Gasteiger charge is 2.56. The molecule has 1 aliphatic heterocycles. The van der Waals surface area contributed by atoms with E-state index in [1.165, 1.54) is 37.2 Å². The predicted octanol–water partition coefficient (Wildman–Crippen LogP) is 2.74. The maximum Gasteiger partial charge on any atom is 0.0402 e. The molecule has 1 aliphatic carbocycles. The minimum absolute atomic E-state index is 0.274. The van der Waals surface area contributed by atoms with Gasteiger partial charge in [0.1, 0.15) is 0 Å². The zero-order valence-corrected chi connectivity index (χ0v) is 10.8. The summed E-state index contributed by atoms with van der Waals surface area (Å²) >= 11 is 0. The topological polar surface area (TPSA) is 29.3 Å². The van der Waals surface area contributed by atoms with Crippen LogP contribution < -0.4 is 10.6 Å². The fourth-order valence-corrected chi connectivity index (χ4v) is 3.27. The zero-order chi connectivity index (χ0) is 12.0. The molecule has 0 radical (unpaired) electrons. The van der Waals surface area contributed by atoms with Gasteiger partial charge in [-0.25, -0.2) is 0 Å². The molecular weight excluding hydrogens is 208 g/mol. The Hall–Kier alpha value is -1.02. The number of hydrogen-bond acceptors (Lipinski definition) is 2. The van der Waals surface area contributed by atoms with Crippen LogP contribution in [0.4, 0.5) is 5.69 Å². The molecule has 2 N–H and O–H groups in total. The van der Waals surface area contributed by atoms with E-state index < -0.39 is 0 Å². The van der Waals surface area contributed by atoms with Gasteiger partial charge in [-0.05, 0) is 29.9 Å². The fourth-order valence-electron chi connectivity index (χ4n) is 3.27. The third-order valence-corrected chi connectivity index (χ3v) is 4.63. The molecule has 1 aromatic carbocycles. The number of benzene rings is 1. The van der Waals surface area contributed by atoms with E-state index in [-0.39, 0.29) is 5.41 Å². The third-order valence-electron chi connectivity index (χ3n) is 4.63. The van der Waals surface area contributed by atoms with Crippen LogP contribution in [-0.4, -0.2) is 19.1 Å². The Morgan fingerprint density at radius 3 is 2.35 bits per heavy atom. The van der Waals surface area contributed by atoms with Crippen LogP contribution in [-0.2, 0) is 0 Å².